The zero-order chi connectivity index (χ0) is 13.4. The van der Waals surface area contributed by atoms with E-state index in [-0.39, 0.29) is 17.7 Å². The molecule has 0 aliphatic heterocycles. The first kappa shape index (κ1) is 15.2. The number of Topliss-reactive ketones (excluding diaryl/α,β-unsaturated/α-hetero) is 1. The van der Waals surface area contributed by atoms with E-state index in [1.54, 1.807) is 0 Å². The highest BCUT2D eigenvalue weighted by molar-refractivity contribution is 5.82. The Kier molecular flexibility index (Phi) is 6.94. The fourth-order valence-electron chi connectivity index (χ4n) is 2.59. The van der Waals surface area contributed by atoms with E-state index in [9.17, 15) is 9.59 Å². The third-order valence-electron chi connectivity index (χ3n) is 3.83. The number of nitrogens with one attached hydrogen (secondary N) is 1. The van der Waals surface area contributed by atoms with Crippen LogP contribution in [-0.2, 0) is 9.59 Å². The zero-order valence-corrected chi connectivity index (χ0v) is 11.4. The molecule has 4 heteroatoms. The Hall–Kier alpha value is -0.900. The van der Waals surface area contributed by atoms with Gasteiger partial charge in [-0.05, 0) is 45.1 Å². The summed E-state index contributed by atoms with van der Waals surface area (Å²) in [5, 5.41) is 2.97. The van der Waals surface area contributed by atoms with Crippen LogP contribution in [0.5, 0.6) is 0 Å². The van der Waals surface area contributed by atoms with Gasteiger partial charge in [0, 0.05) is 24.8 Å². The largest absolute Gasteiger partial charge is 0.356 e. The molecular weight excluding hydrogens is 228 g/mol. The third-order valence-corrected chi connectivity index (χ3v) is 3.83. The molecular formula is C14H26N2O2. The minimum absolute atomic E-state index is 0.115. The molecule has 4 nitrogen and oxygen atoms in total. The van der Waals surface area contributed by atoms with E-state index in [0.29, 0.717) is 18.7 Å². The molecule has 0 saturated heterocycles. The SMILES string of the molecule is CCC(=O)C1CCC(C(=O)NCCCCN)CC1. The summed E-state index contributed by atoms with van der Waals surface area (Å²) in [6.45, 7) is 3.32. The molecule has 1 rings (SSSR count). The molecule has 3 N–H and O–H groups in total. The van der Waals surface area contributed by atoms with Gasteiger partial charge in [-0.25, -0.2) is 0 Å². The highest BCUT2D eigenvalue weighted by atomic mass is 16.2. The molecule has 0 aromatic rings. The van der Waals surface area contributed by atoms with Gasteiger partial charge in [0.05, 0.1) is 0 Å². The normalized spacial score (nSPS) is 23.7. The van der Waals surface area contributed by atoms with Gasteiger partial charge in [0.25, 0.3) is 0 Å². The molecule has 1 saturated carbocycles. The zero-order valence-electron chi connectivity index (χ0n) is 11.4. The number of rotatable bonds is 7. The second kappa shape index (κ2) is 8.25. The number of amides is 1. The van der Waals surface area contributed by atoms with E-state index < -0.39 is 0 Å². The maximum absolute atomic E-state index is 11.9. The van der Waals surface area contributed by atoms with Crippen LogP contribution in [0.4, 0.5) is 0 Å². The van der Waals surface area contributed by atoms with Crippen molar-refractivity contribution in [3.63, 3.8) is 0 Å². The number of carbonyl (C=O) groups is 2. The number of hydrogen-bond acceptors (Lipinski definition) is 3. The predicted octanol–water partition coefficient (Wildman–Crippen LogP) is 1.63. The highest BCUT2D eigenvalue weighted by Crippen LogP contribution is 2.30. The molecule has 0 aromatic heterocycles. The predicted molar refractivity (Wildman–Crippen MR) is 72.0 cm³/mol. The molecule has 104 valence electrons. The molecule has 1 aliphatic carbocycles. The molecule has 0 bridgehead atoms. The minimum Gasteiger partial charge on any atom is -0.356 e. The van der Waals surface area contributed by atoms with Crippen LogP contribution in [0.2, 0.25) is 0 Å². The Labute approximate surface area is 110 Å². The Morgan fingerprint density at radius 3 is 2.28 bits per heavy atom. The van der Waals surface area contributed by atoms with Gasteiger partial charge in [0.1, 0.15) is 5.78 Å². The summed E-state index contributed by atoms with van der Waals surface area (Å²) in [6.07, 6.45) is 6.02. The molecule has 1 amide bonds. The summed E-state index contributed by atoms with van der Waals surface area (Å²) < 4.78 is 0. The molecule has 0 radical (unpaired) electrons. The molecule has 0 atom stereocenters. The number of ketones is 1. The molecule has 0 heterocycles. The number of unbranched alkanes of at least 4 members (excludes halogenated alkanes) is 1. The maximum atomic E-state index is 11.9. The molecule has 1 fully saturated rings. The summed E-state index contributed by atoms with van der Waals surface area (Å²) in [6, 6.07) is 0. The van der Waals surface area contributed by atoms with Gasteiger partial charge < -0.3 is 11.1 Å². The average molecular weight is 254 g/mol. The number of nitrogens with two attached hydrogens (primary N) is 1. The highest BCUT2D eigenvalue weighted by Gasteiger charge is 2.28. The van der Waals surface area contributed by atoms with Crippen molar-refractivity contribution >= 4 is 11.7 Å². The second-order valence-corrected chi connectivity index (χ2v) is 5.16. The summed E-state index contributed by atoms with van der Waals surface area (Å²) >= 11 is 0. The second-order valence-electron chi connectivity index (χ2n) is 5.16. The van der Waals surface area contributed by atoms with Gasteiger partial charge in [-0.3, -0.25) is 9.59 Å². The van der Waals surface area contributed by atoms with Crippen molar-refractivity contribution < 1.29 is 9.59 Å². The standard InChI is InChI=1S/C14H26N2O2/c1-2-13(17)11-5-7-12(8-6-11)14(18)16-10-4-3-9-15/h11-12H,2-10,15H2,1H3,(H,16,18). The van der Waals surface area contributed by atoms with Crippen LogP contribution in [0.15, 0.2) is 0 Å². The van der Waals surface area contributed by atoms with E-state index in [1.807, 2.05) is 6.92 Å². The van der Waals surface area contributed by atoms with Crippen molar-refractivity contribution in [1.29, 1.82) is 0 Å². The van der Waals surface area contributed by atoms with Gasteiger partial charge in [-0.2, -0.15) is 0 Å². The fourth-order valence-corrected chi connectivity index (χ4v) is 2.59. The Bertz CT molecular complexity index is 271. The van der Waals surface area contributed by atoms with Crippen LogP contribution >= 0.6 is 0 Å². The quantitative estimate of drug-likeness (QED) is 0.678. The van der Waals surface area contributed by atoms with Crippen LogP contribution in [0, 0.1) is 11.8 Å². The van der Waals surface area contributed by atoms with Crippen LogP contribution in [0.1, 0.15) is 51.9 Å². The lowest BCUT2D eigenvalue weighted by Gasteiger charge is -2.26. The van der Waals surface area contributed by atoms with Gasteiger partial charge in [0.2, 0.25) is 5.91 Å². The molecule has 18 heavy (non-hydrogen) atoms. The summed E-state index contributed by atoms with van der Waals surface area (Å²) in [4.78, 5) is 23.5. The van der Waals surface area contributed by atoms with Crippen molar-refractivity contribution in [2.75, 3.05) is 13.1 Å². The van der Waals surface area contributed by atoms with Crippen LogP contribution in [0.3, 0.4) is 0 Å². The van der Waals surface area contributed by atoms with E-state index in [0.717, 1.165) is 45.1 Å². The third kappa shape index (κ3) is 4.77. The first-order chi connectivity index (χ1) is 8.69. The average Bonchev–Trinajstić information content (AvgIpc) is 2.42. The molecule has 0 spiro atoms. The molecule has 0 aromatic carbocycles. The van der Waals surface area contributed by atoms with Crippen LogP contribution < -0.4 is 11.1 Å². The Morgan fingerprint density at radius 1 is 1.11 bits per heavy atom. The van der Waals surface area contributed by atoms with Crippen molar-refractivity contribution in [2.24, 2.45) is 17.6 Å². The number of hydrogen-bond donors (Lipinski definition) is 2. The summed E-state index contributed by atoms with van der Waals surface area (Å²) in [7, 11) is 0. The Balaban J connectivity index is 2.21. The smallest absolute Gasteiger partial charge is 0.223 e. The topological polar surface area (TPSA) is 72.2 Å². The van der Waals surface area contributed by atoms with Crippen molar-refractivity contribution in [3.8, 4) is 0 Å². The van der Waals surface area contributed by atoms with Crippen molar-refractivity contribution in [1.82, 2.24) is 5.32 Å². The van der Waals surface area contributed by atoms with Gasteiger partial charge in [-0.15, -0.1) is 0 Å². The first-order valence-corrected chi connectivity index (χ1v) is 7.19. The van der Waals surface area contributed by atoms with E-state index in [4.69, 9.17) is 5.73 Å². The Morgan fingerprint density at radius 2 is 1.72 bits per heavy atom. The molecule has 0 unspecified atom stereocenters. The fraction of sp³-hybridized carbons (Fsp3) is 0.857. The van der Waals surface area contributed by atoms with Gasteiger partial charge in [0.15, 0.2) is 0 Å². The lowest BCUT2D eigenvalue weighted by molar-refractivity contribution is -0.129. The van der Waals surface area contributed by atoms with Crippen LogP contribution in [-0.4, -0.2) is 24.8 Å². The maximum Gasteiger partial charge on any atom is 0.223 e. The monoisotopic (exact) mass is 254 g/mol. The van der Waals surface area contributed by atoms with Crippen molar-refractivity contribution in [3.05, 3.63) is 0 Å². The van der Waals surface area contributed by atoms with Crippen molar-refractivity contribution in [2.45, 2.75) is 51.9 Å². The number of carbonyl (C=O) groups excluding carboxylic acids is 2. The lowest BCUT2D eigenvalue weighted by atomic mass is 9.79. The minimum atomic E-state index is 0.115. The van der Waals surface area contributed by atoms with Gasteiger partial charge in [-0.1, -0.05) is 6.92 Å². The lowest BCUT2D eigenvalue weighted by Crippen LogP contribution is -2.35. The van der Waals surface area contributed by atoms with Crippen LogP contribution in [0.25, 0.3) is 0 Å². The van der Waals surface area contributed by atoms with E-state index >= 15 is 0 Å². The molecule has 1 aliphatic rings. The van der Waals surface area contributed by atoms with E-state index in [2.05, 4.69) is 5.32 Å². The summed E-state index contributed by atoms with van der Waals surface area (Å²) in [5.74, 6) is 0.839. The van der Waals surface area contributed by atoms with E-state index in [1.165, 1.54) is 0 Å². The summed E-state index contributed by atoms with van der Waals surface area (Å²) in [5.41, 5.74) is 5.40. The first-order valence-electron chi connectivity index (χ1n) is 7.19. The van der Waals surface area contributed by atoms with Gasteiger partial charge >= 0.3 is 0 Å².